The number of nitrogens with one attached hydrogen (secondary N) is 1. The zero-order valence-corrected chi connectivity index (χ0v) is 10.9. The number of ether oxygens (including phenoxy) is 1. The molecule has 0 aromatic heterocycles. The number of methoxy groups -OCH3 is 1. The summed E-state index contributed by atoms with van der Waals surface area (Å²) < 4.78 is 5.02. The molecule has 1 heterocycles. The maximum atomic E-state index is 12.2. The lowest BCUT2D eigenvalue weighted by Gasteiger charge is -2.29. The Labute approximate surface area is 102 Å². The highest BCUT2D eigenvalue weighted by molar-refractivity contribution is 5.90. The number of hydrogen-bond donors (Lipinski definition) is 1. The van der Waals surface area contributed by atoms with Crippen LogP contribution in [0.3, 0.4) is 0 Å². The van der Waals surface area contributed by atoms with Crippen LogP contribution in [0.15, 0.2) is 0 Å². The van der Waals surface area contributed by atoms with Crippen LogP contribution in [0.5, 0.6) is 0 Å². The molecule has 2 unspecified atom stereocenters. The number of hydrogen-bond acceptors (Lipinski definition) is 3. The Bertz CT molecular complexity index is 281. The second-order valence-electron chi connectivity index (χ2n) is 4.44. The summed E-state index contributed by atoms with van der Waals surface area (Å²) in [7, 11) is 1.65. The molecule has 0 aromatic carbocycles. The van der Waals surface area contributed by atoms with Crippen molar-refractivity contribution in [2.75, 3.05) is 20.3 Å². The van der Waals surface area contributed by atoms with Crippen molar-refractivity contribution in [3.8, 4) is 0 Å². The first-order valence-electron chi connectivity index (χ1n) is 6.19. The van der Waals surface area contributed by atoms with Crippen LogP contribution in [0.25, 0.3) is 0 Å². The van der Waals surface area contributed by atoms with Crippen molar-refractivity contribution >= 4 is 11.8 Å². The third-order valence-electron chi connectivity index (χ3n) is 3.18. The van der Waals surface area contributed by atoms with E-state index in [4.69, 9.17) is 4.74 Å². The largest absolute Gasteiger partial charge is 0.385 e. The zero-order chi connectivity index (χ0) is 12.8. The lowest BCUT2D eigenvalue weighted by Crippen LogP contribution is -2.47. The first-order valence-corrected chi connectivity index (χ1v) is 6.19. The van der Waals surface area contributed by atoms with E-state index < -0.39 is 0 Å². The van der Waals surface area contributed by atoms with E-state index >= 15 is 0 Å². The van der Waals surface area contributed by atoms with E-state index in [-0.39, 0.29) is 23.9 Å². The van der Waals surface area contributed by atoms with Gasteiger partial charge in [0.05, 0.1) is 0 Å². The Balaban J connectivity index is 2.68. The highest BCUT2D eigenvalue weighted by Crippen LogP contribution is 2.12. The Morgan fingerprint density at radius 2 is 2.24 bits per heavy atom. The average Bonchev–Trinajstić information content (AvgIpc) is 2.46. The standard InChI is InChI=1S/C12H22N2O3/c1-4-10-12(16)14(7-5-11(15)13-10)9(2)6-8-17-3/h9-10H,4-8H2,1-3H3,(H,13,15). The molecule has 17 heavy (non-hydrogen) atoms. The van der Waals surface area contributed by atoms with Crippen molar-refractivity contribution in [2.45, 2.75) is 45.2 Å². The van der Waals surface area contributed by atoms with Gasteiger partial charge in [-0.05, 0) is 19.8 Å². The van der Waals surface area contributed by atoms with Crippen molar-refractivity contribution in [1.82, 2.24) is 10.2 Å². The molecule has 0 aliphatic carbocycles. The molecule has 2 atom stereocenters. The lowest BCUT2D eigenvalue weighted by atomic mass is 10.1. The van der Waals surface area contributed by atoms with E-state index in [9.17, 15) is 9.59 Å². The molecule has 1 aliphatic rings. The van der Waals surface area contributed by atoms with Crippen LogP contribution in [0.1, 0.15) is 33.1 Å². The fourth-order valence-corrected chi connectivity index (χ4v) is 2.02. The highest BCUT2D eigenvalue weighted by Gasteiger charge is 2.30. The summed E-state index contributed by atoms with van der Waals surface area (Å²) >= 11 is 0. The lowest BCUT2D eigenvalue weighted by molar-refractivity contribution is -0.135. The van der Waals surface area contributed by atoms with Gasteiger partial charge in [-0.2, -0.15) is 0 Å². The second-order valence-corrected chi connectivity index (χ2v) is 4.44. The first kappa shape index (κ1) is 14.0. The number of nitrogens with zero attached hydrogens (tertiary/aromatic N) is 1. The molecule has 5 nitrogen and oxygen atoms in total. The minimum absolute atomic E-state index is 0.0296. The normalized spacial score (nSPS) is 23.2. The van der Waals surface area contributed by atoms with Crippen molar-refractivity contribution in [1.29, 1.82) is 0 Å². The number of amides is 2. The summed E-state index contributed by atoms with van der Waals surface area (Å²) in [6.07, 6.45) is 1.82. The van der Waals surface area contributed by atoms with Gasteiger partial charge in [-0.1, -0.05) is 6.92 Å². The third kappa shape index (κ3) is 3.70. The summed E-state index contributed by atoms with van der Waals surface area (Å²) in [6, 6.07) is -0.251. The van der Waals surface area contributed by atoms with Crippen molar-refractivity contribution in [3.63, 3.8) is 0 Å². The molecule has 2 amide bonds. The van der Waals surface area contributed by atoms with Gasteiger partial charge >= 0.3 is 0 Å². The maximum Gasteiger partial charge on any atom is 0.245 e. The van der Waals surface area contributed by atoms with Crippen molar-refractivity contribution in [2.24, 2.45) is 0 Å². The van der Waals surface area contributed by atoms with Gasteiger partial charge in [-0.3, -0.25) is 9.59 Å². The summed E-state index contributed by atoms with van der Waals surface area (Å²) in [4.78, 5) is 25.5. The molecule has 98 valence electrons. The molecule has 1 rings (SSSR count). The summed E-state index contributed by atoms with van der Waals surface area (Å²) in [5, 5.41) is 2.76. The molecule has 1 saturated heterocycles. The quantitative estimate of drug-likeness (QED) is 0.765. The highest BCUT2D eigenvalue weighted by atomic mass is 16.5. The summed E-state index contributed by atoms with van der Waals surface area (Å²) in [5.41, 5.74) is 0. The van der Waals surface area contributed by atoms with E-state index in [0.717, 1.165) is 6.42 Å². The molecule has 1 N–H and O–H groups in total. The molecular formula is C12H22N2O3. The molecule has 0 spiro atoms. The number of carbonyl (C=O) groups excluding carboxylic acids is 2. The monoisotopic (exact) mass is 242 g/mol. The van der Waals surface area contributed by atoms with Crippen LogP contribution in [-0.4, -0.2) is 49.1 Å². The Morgan fingerprint density at radius 1 is 1.53 bits per heavy atom. The minimum Gasteiger partial charge on any atom is -0.385 e. The van der Waals surface area contributed by atoms with E-state index in [1.54, 1.807) is 12.0 Å². The van der Waals surface area contributed by atoms with Gasteiger partial charge in [0.25, 0.3) is 0 Å². The molecular weight excluding hydrogens is 220 g/mol. The third-order valence-corrected chi connectivity index (χ3v) is 3.18. The second kappa shape index (κ2) is 6.59. The number of carbonyl (C=O) groups is 2. The summed E-state index contributed by atoms with van der Waals surface area (Å²) in [6.45, 7) is 5.04. The fourth-order valence-electron chi connectivity index (χ4n) is 2.02. The number of rotatable bonds is 5. The van der Waals surface area contributed by atoms with Crippen LogP contribution in [0.4, 0.5) is 0 Å². The van der Waals surface area contributed by atoms with Gasteiger partial charge < -0.3 is 15.0 Å². The summed E-state index contributed by atoms with van der Waals surface area (Å²) in [5.74, 6) is -0.00593. The van der Waals surface area contributed by atoms with Gasteiger partial charge in [0.15, 0.2) is 0 Å². The fraction of sp³-hybridized carbons (Fsp3) is 0.833. The van der Waals surface area contributed by atoms with E-state index in [0.29, 0.717) is 26.0 Å². The van der Waals surface area contributed by atoms with Gasteiger partial charge in [-0.15, -0.1) is 0 Å². The Kier molecular flexibility index (Phi) is 5.41. The van der Waals surface area contributed by atoms with E-state index in [2.05, 4.69) is 5.32 Å². The molecule has 1 fully saturated rings. The van der Waals surface area contributed by atoms with Crippen LogP contribution >= 0.6 is 0 Å². The predicted molar refractivity (Wildman–Crippen MR) is 64.5 cm³/mol. The van der Waals surface area contributed by atoms with Gasteiger partial charge in [0.2, 0.25) is 11.8 Å². The smallest absolute Gasteiger partial charge is 0.245 e. The van der Waals surface area contributed by atoms with Crippen LogP contribution < -0.4 is 5.32 Å². The average molecular weight is 242 g/mol. The minimum atomic E-state index is -0.366. The molecule has 0 bridgehead atoms. The predicted octanol–water partition coefficient (Wildman–Crippen LogP) is 0.538. The first-order chi connectivity index (χ1) is 8.10. The maximum absolute atomic E-state index is 12.2. The van der Waals surface area contributed by atoms with Gasteiger partial charge in [0.1, 0.15) is 6.04 Å². The molecule has 0 saturated carbocycles. The van der Waals surface area contributed by atoms with Crippen molar-refractivity contribution in [3.05, 3.63) is 0 Å². The molecule has 0 aromatic rings. The van der Waals surface area contributed by atoms with Crippen molar-refractivity contribution < 1.29 is 14.3 Å². The van der Waals surface area contributed by atoms with E-state index in [1.165, 1.54) is 0 Å². The Morgan fingerprint density at radius 3 is 2.82 bits per heavy atom. The van der Waals surface area contributed by atoms with Crippen LogP contribution in [0.2, 0.25) is 0 Å². The van der Waals surface area contributed by atoms with Crippen LogP contribution in [-0.2, 0) is 14.3 Å². The molecule has 5 heteroatoms. The molecule has 0 radical (unpaired) electrons. The topological polar surface area (TPSA) is 58.6 Å². The zero-order valence-electron chi connectivity index (χ0n) is 10.9. The van der Waals surface area contributed by atoms with Crippen LogP contribution in [0, 0.1) is 0 Å². The van der Waals surface area contributed by atoms with E-state index in [1.807, 2.05) is 13.8 Å². The molecule has 1 aliphatic heterocycles. The SMILES string of the molecule is CCC1NC(=O)CCN(C(C)CCOC)C1=O. The van der Waals surface area contributed by atoms with Gasteiger partial charge in [-0.25, -0.2) is 0 Å². The Hall–Kier alpha value is -1.10. The van der Waals surface area contributed by atoms with Gasteiger partial charge in [0, 0.05) is 32.7 Å².